The number of ether oxygens (including phenoxy) is 1. The zero-order chi connectivity index (χ0) is 18.1. The number of hydrogen-bond acceptors (Lipinski definition) is 4. The molecule has 0 fully saturated rings. The molecule has 0 aromatic heterocycles. The number of primary amides is 1. The predicted octanol–water partition coefficient (Wildman–Crippen LogP) is 2.39. The lowest BCUT2D eigenvalue weighted by Gasteiger charge is -2.33. The van der Waals surface area contributed by atoms with Crippen molar-refractivity contribution in [2.24, 2.45) is 5.73 Å². The van der Waals surface area contributed by atoms with E-state index in [1.54, 1.807) is 30.3 Å². The number of carbonyl (C=O) groups is 2. The standard InChI is InChI=1S/C17H16ClN3O4/c1-21-14-9(8-11(16(21)23)20-17(19)24)6-7-12(22)15(14)25-13-5-3-2-4-10(13)18/h2-7,11,22H,8H2,1H3,(H3,19,20,24)/t11-/m1/s1. The van der Waals surface area contributed by atoms with Crippen LogP contribution in [0, 0.1) is 0 Å². The van der Waals surface area contributed by atoms with Crippen molar-refractivity contribution in [2.45, 2.75) is 12.5 Å². The van der Waals surface area contributed by atoms with Crippen LogP contribution in [-0.2, 0) is 11.2 Å². The fraction of sp³-hybridized carbons (Fsp3) is 0.176. The zero-order valence-corrected chi connectivity index (χ0v) is 14.1. The van der Waals surface area contributed by atoms with Crippen molar-refractivity contribution >= 4 is 29.2 Å². The van der Waals surface area contributed by atoms with Gasteiger partial charge >= 0.3 is 6.03 Å². The number of hydrogen-bond donors (Lipinski definition) is 3. The third-order valence-corrected chi connectivity index (χ3v) is 4.26. The van der Waals surface area contributed by atoms with Crippen LogP contribution in [0.15, 0.2) is 36.4 Å². The van der Waals surface area contributed by atoms with Gasteiger partial charge in [0.05, 0.1) is 10.7 Å². The summed E-state index contributed by atoms with van der Waals surface area (Å²) < 4.78 is 5.79. The number of para-hydroxylation sites is 1. The first-order valence-electron chi connectivity index (χ1n) is 7.49. The Labute approximate surface area is 148 Å². The molecule has 0 radical (unpaired) electrons. The van der Waals surface area contributed by atoms with Gasteiger partial charge in [-0.05, 0) is 23.8 Å². The van der Waals surface area contributed by atoms with E-state index in [4.69, 9.17) is 22.1 Å². The number of amides is 3. The quantitative estimate of drug-likeness (QED) is 0.780. The van der Waals surface area contributed by atoms with E-state index in [1.807, 2.05) is 0 Å². The minimum atomic E-state index is -0.776. The van der Waals surface area contributed by atoms with Crippen LogP contribution in [0.4, 0.5) is 10.5 Å². The van der Waals surface area contributed by atoms with Crippen molar-refractivity contribution < 1.29 is 19.4 Å². The number of carbonyl (C=O) groups excluding carboxylic acids is 2. The van der Waals surface area contributed by atoms with Crippen molar-refractivity contribution in [3.05, 3.63) is 47.0 Å². The average Bonchev–Trinajstić information content (AvgIpc) is 2.56. The SMILES string of the molecule is CN1C(=O)[C@H](NC(N)=O)Cc2ccc(O)c(Oc3ccccc3Cl)c21. The molecule has 7 nitrogen and oxygen atoms in total. The molecule has 1 aliphatic heterocycles. The summed E-state index contributed by atoms with van der Waals surface area (Å²) in [6.07, 6.45) is 0.237. The molecule has 0 saturated heterocycles. The smallest absolute Gasteiger partial charge is 0.312 e. The molecule has 0 spiro atoms. The Bertz CT molecular complexity index is 856. The highest BCUT2D eigenvalue weighted by Gasteiger charge is 2.34. The van der Waals surface area contributed by atoms with Gasteiger partial charge in [0.15, 0.2) is 11.5 Å². The Balaban J connectivity index is 2.04. The summed E-state index contributed by atoms with van der Waals surface area (Å²) in [5.74, 6) is -0.00869. The van der Waals surface area contributed by atoms with Crippen LogP contribution in [0.25, 0.3) is 0 Å². The van der Waals surface area contributed by atoms with E-state index < -0.39 is 12.1 Å². The molecular weight excluding hydrogens is 346 g/mol. The van der Waals surface area contributed by atoms with Crippen LogP contribution >= 0.6 is 11.6 Å². The molecule has 4 N–H and O–H groups in total. The summed E-state index contributed by atoms with van der Waals surface area (Å²) in [6.45, 7) is 0. The Morgan fingerprint density at radius 2 is 2.08 bits per heavy atom. The number of likely N-dealkylation sites (N-methyl/N-ethyl adjacent to an activating group) is 1. The van der Waals surface area contributed by atoms with E-state index in [-0.39, 0.29) is 23.8 Å². The van der Waals surface area contributed by atoms with E-state index in [1.165, 1.54) is 18.0 Å². The minimum Gasteiger partial charge on any atom is -0.504 e. The summed E-state index contributed by atoms with van der Waals surface area (Å²) in [6, 6.07) is 8.40. The number of anilines is 1. The van der Waals surface area contributed by atoms with Gasteiger partial charge in [0.1, 0.15) is 11.8 Å². The Morgan fingerprint density at radius 1 is 1.36 bits per heavy atom. The fourth-order valence-electron chi connectivity index (χ4n) is 2.81. The lowest BCUT2D eigenvalue weighted by molar-refractivity contribution is -0.120. The number of nitrogens with zero attached hydrogens (tertiary/aromatic N) is 1. The van der Waals surface area contributed by atoms with E-state index in [0.717, 1.165) is 5.56 Å². The molecule has 25 heavy (non-hydrogen) atoms. The van der Waals surface area contributed by atoms with Crippen LogP contribution in [0.3, 0.4) is 0 Å². The fourth-order valence-corrected chi connectivity index (χ4v) is 2.98. The van der Waals surface area contributed by atoms with Crippen LogP contribution in [0.2, 0.25) is 5.02 Å². The highest BCUT2D eigenvalue weighted by atomic mass is 35.5. The van der Waals surface area contributed by atoms with Crippen molar-refractivity contribution in [1.82, 2.24) is 5.32 Å². The van der Waals surface area contributed by atoms with E-state index in [2.05, 4.69) is 5.32 Å². The molecule has 0 aliphatic carbocycles. The molecule has 1 aliphatic rings. The molecule has 2 aromatic rings. The van der Waals surface area contributed by atoms with Crippen LogP contribution in [0.1, 0.15) is 5.56 Å². The maximum atomic E-state index is 12.5. The summed E-state index contributed by atoms with van der Waals surface area (Å²) in [4.78, 5) is 24.9. The molecule has 3 rings (SSSR count). The van der Waals surface area contributed by atoms with Gasteiger partial charge in [0, 0.05) is 13.5 Å². The molecule has 3 amide bonds. The Morgan fingerprint density at radius 3 is 2.76 bits per heavy atom. The van der Waals surface area contributed by atoms with Crippen LogP contribution in [-0.4, -0.2) is 30.1 Å². The van der Waals surface area contributed by atoms with Gasteiger partial charge in [0.25, 0.3) is 0 Å². The maximum Gasteiger partial charge on any atom is 0.312 e. The molecule has 2 aromatic carbocycles. The lowest BCUT2D eigenvalue weighted by atomic mass is 9.96. The van der Waals surface area contributed by atoms with Gasteiger partial charge < -0.3 is 25.8 Å². The number of rotatable bonds is 3. The molecule has 1 heterocycles. The molecular formula is C17H16ClN3O4. The Hall–Kier alpha value is -2.93. The number of aromatic hydroxyl groups is 1. The van der Waals surface area contributed by atoms with Crippen LogP contribution < -0.4 is 20.7 Å². The number of phenolic OH excluding ortho intramolecular Hbond substituents is 1. The van der Waals surface area contributed by atoms with Gasteiger partial charge in [-0.15, -0.1) is 0 Å². The second-order valence-electron chi connectivity index (χ2n) is 5.62. The first kappa shape index (κ1) is 16.9. The van der Waals surface area contributed by atoms with E-state index >= 15 is 0 Å². The summed E-state index contributed by atoms with van der Waals surface area (Å²) >= 11 is 6.11. The van der Waals surface area contributed by atoms with Crippen molar-refractivity contribution in [3.8, 4) is 17.2 Å². The third kappa shape index (κ3) is 3.18. The van der Waals surface area contributed by atoms with Crippen molar-refractivity contribution in [2.75, 3.05) is 11.9 Å². The second kappa shape index (κ2) is 6.52. The topological polar surface area (TPSA) is 105 Å². The van der Waals surface area contributed by atoms with Crippen molar-refractivity contribution in [1.29, 1.82) is 0 Å². The molecule has 0 unspecified atom stereocenters. The van der Waals surface area contributed by atoms with Gasteiger partial charge in [-0.1, -0.05) is 29.8 Å². The molecule has 8 heteroatoms. The predicted molar refractivity (Wildman–Crippen MR) is 93.3 cm³/mol. The van der Waals surface area contributed by atoms with Gasteiger partial charge in [-0.3, -0.25) is 4.79 Å². The second-order valence-corrected chi connectivity index (χ2v) is 6.02. The lowest BCUT2D eigenvalue weighted by Crippen LogP contribution is -2.53. The first-order valence-corrected chi connectivity index (χ1v) is 7.87. The number of nitrogens with one attached hydrogen (secondary N) is 1. The first-order chi connectivity index (χ1) is 11.9. The molecule has 0 saturated carbocycles. The minimum absolute atomic E-state index is 0.124. The molecule has 0 bridgehead atoms. The Kier molecular flexibility index (Phi) is 4.41. The largest absolute Gasteiger partial charge is 0.504 e. The number of fused-ring (bicyclic) bond motifs is 1. The number of halogens is 1. The van der Waals surface area contributed by atoms with Gasteiger partial charge in [0.2, 0.25) is 5.91 Å². The summed E-state index contributed by atoms with van der Waals surface area (Å²) in [5, 5.41) is 13.0. The van der Waals surface area contributed by atoms with Crippen molar-refractivity contribution in [3.63, 3.8) is 0 Å². The highest BCUT2D eigenvalue weighted by Crippen LogP contribution is 2.45. The summed E-state index contributed by atoms with van der Waals surface area (Å²) in [5.41, 5.74) is 6.27. The number of benzene rings is 2. The number of urea groups is 1. The van der Waals surface area contributed by atoms with Crippen LogP contribution in [0.5, 0.6) is 17.2 Å². The highest BCUT2D eigenvalue weighted by molar-refractivity contribution is 6.32. The molecule has 130 valence electrons. The number of phenols is 1. The third-order valence-electron chi connectivity index (χ3n) is 3.95. The van der Waals surface area contributed by atoms with Gasteiger partial charge in [-0.25, -0.2) is 4.79 Å². The summed E-state index contributed by atoms with van der Waals surface area (Å²) in [7, 11) is 1.54. The normalized spacial score (nSPS) is 16.3. The monoisotopic (exact) mass is 361 g/mol. The zero-order valence-electron chi connectivity index (χ0n) is 13.3. The maximum absolute atomic E-state index is 12.5. The average molecular weight is 362 g/mol. The molecule has 1 atom stereocenters. The van der Waals surface area contributed by atoms with E-state index in [9.17, 15) is 14.7 Å². The van der Waals surface area contributed by atoms with E-state index in [0.29, 0.717) is 16.5 Å². The number of nitrogens with two attached hydrogens (primary N) is 1. The van der Waals surface area contributed by atoms with Gasteiger partial charge in [-0.2, -0.15) is 0 Å².